The van der Waals surface area contributed by atoms with Crippen molar-refractivity contribution in [1.29, 1.82) is 0 Å². The molecule has 1 aliphatic heterocycles. The van der Waals surface area contributed by atoms with E-state index in [2.05, 4.69) is 0 Å². The summed E-state index contributed by atoms with van der Waals surface area (Å²) in [5.41, 5.74) is 1.63. The molecule has 0 spiro atoms. The van der Waals surface area contributed by atoms with Gasteiger partial charge in [0.15, 0.2) is 0 Å². The van der Waals surface area contributed by atoms with E-state index in [-0.39, 0.29) is 35.5 Å². The molecule has 2 amide bonds. The van der Waals surface area contributed by atoms with Gasteiger partial charge in [-0.05, 0) is 30.7 Å². The number of fused-ring (bicyclic) bond motifs is 1. The largest absolute Gasteiger partial charge is 0.325 e. The maximum atomic E-state index is 14.4. The topological polar surface area (TPSA) is 40.6 Å². The van der Waals surface area contributed by atoms with Gasteiger partial charge in [-0.3, -0.25) is 9.59 Å². The highest BCUT2D eigenvalue weighted by Crippen LogP contribution is 2.28. The van der Waals surface area contributed by atoms with Crippen LogP contribution >= 0.6 is 11.6 Å². The third-order valence-electron chi connectivity index (χ3n) is 4.21. The van der Waals surface area contributed by atoms with E-state index in [4.69, 9.17) is 11.6 Å². The maximum absolute atomic E-state index is 14.4. The number of carbonyl (C=O) groups excluding carboxylic acids is 2. The van der Waals surface area contributed by atoms with Crippen LogP contribution in [0.1, 0.15) is 21.5 Å². The minimum atomic E-state index is -0.450. The summed E-state index contributed by atoms with van der Waals surface area (Å²) in [4.78, 5) is 28.0. The number of benzene rings is 2. The molecule has 0 saturated heterocycles. The van der Waals surface area contributed by atoms with Crippen molar-refractivity contribution in [2.24, 2.45) is 0 Å². The minimum Gasteiger partial charge on any atom is -0.325 e. The standard InChI is InChI=1S/C18H16ClFN2O2/c1-11-7-8-14(19)13(17(11)20)9-22-10-16(23)21(2)15-6-4-3-5-12(15)18(22)24/h3-8H,9-10H2,1-2H3. The summed E-state index contributed by atoms with van der Waals surface area (Å²) < 4.78 is 14.4. The van der Waals surface area contributed by atoms with Gasteiger partial charge in [0.1, 0.15) is 12.4 Å². The van der Waals surface area contributed by atoms with Crippen LogP contribution in [0.25, 0.3) is 0 Å². The smallest absolute Gasteiger partial charge is 0.256 e. The van der Waals surface area contributed by atoms with Gasteiger partial charge in [-0.2, -0.15) is 0 Å². The molecule has 6 heteroatoms. The molecule has 0 unspecified atom stereocenters. The molecule has 0 aliphatic carbocycles. The predicted molar refractivity (Wildman–Crippen MR) is 90.7 cm³/mol. The van der Waals surface area contributed by atoms with Gasteiger partial charge in [-0.1, -0.05) is 29.8 Å². The number of likely N-dealkylation sites (N-methyl/N-ethyl adjacent to an activating group) is 1. The van der Waals surface area contributed by atoms with Crippen molar-refractivity contribution >= 4 is 29.1 Å². The molecule has 0 atom stereocenters. The molecule has 24 heavy (non-hydrogen) atoms. The molecule has 4 nitrogen and oxygen atoms in total. The SMILES string of the molecule is Cc1ccc(Cl)c(CN2CC(=O)N(C)c3ccccc3C2=O)c1F. The lowest BCUT2D eigenvalue weighted by molar-refractivity contribution is -0.119. The Bertz CT molecular complexity index is 838. The Morgan fingerprint density at radius 1 is 1.17 bits per heavy atom. The Hall–Kier alpha value is -2.40. The average molecular weight is 347 g/mol. The second-order valence-corrected chi connectivity index (χ2v) is 6.20. The minimum absolute atomic E-state index is 0.0565. The van der Waals surface area contributed by atoms with Crippen molar-refractivity contribution in [3.05, 3.63) is 63.9 Å². The first-order chi connectivity index (χ1) is 11.4. The molecule has 2 aromatic rings. The average Bonchev–Trinajstić information content (AvgIpc) is 2.67. The number of halogens is 2. The number of hydrogen-bond donors (Lipinski definition) is 0. The number of aryl methyl sites for hydroxylation is 1. The molecule has 124 valence electrons. The summed E-state index contributed by atoms with van der Waals surface area (Å²) in [5, 5.41) is 0.240. The van der Waals surface area contributed by atoms with Gasteiger partial charge in [-0.25, -0.2) is 4.39 Å². The van der Waals surface area contributed by atoms with E-state index in [0.29, 0.717) is 16.8 Å². The van der Waals surface area contributed by atoms with Crippen LogP contribution in [0.5, 0.6) is 0 Å². The fourth-order valence-electron chi connectivity index (χ4n) is 2.77. The van der Waals surface area contributed by atoms with Crippen molar-refractivity contribution in [3.8, 4) is 0 Å². The lowest BCUT2D eigenvalue weighted by Gasteiger charge is -2.21. The number of carbonyl (C=O) groups is 2. The third kappa shape index (κ3) is 2.76. The molecule has 1 heterocycles. The number of nitrogens with zero attached hydrogens (tertiary/aromatic N) is 2. The third-order valence-corrected chi connectivity index (χ3v) is 4.57. The van der Waals surface area contributed by atoms with E-state index in [1.165, 1.54) is 9.80 Å². The zero-order valence-electron chi connectivity index (χ0n) is 13.3. The van der Waals surface area contributed by atoms with Crippen molar-refractivity contribution in [3.63, 3.8) is 0 Å². The predicted octanol–water partition coefficient (Wildman–Crippen LogP) is 3.41. The van der Waals surface area contributed by atoms with E-state index in [0.717, 1.165) is 0 Å². The normalized spacial score (nSPS) is 14.7. The highest BCUT2D eigenvalue weighted by atomic mass is 35.5. The Morgan fingerprint density at radius 3 is 2.62 bits per heavy atom. The first-order valence-electron chi connectivity index (χ1n) is 7.48. The van der Waals surface area contributed by atoms with Gasteiger partial charge in [0.05, 0.1) is 17.8 Å². The van der Waals surface area contributed by atoms with Gasteiger partial charge in [0.25, 0.3) is 5.91 Å². The first-order valence-corrected chi connectivity index (χ1v) is 7.86. The van der Waals surface area contributed by atoms with Crippen molar-refractivity contribution in [1.82, 2.24) is 4.90 Å². The molecule has 0 fully saturated rings. The molecule has 3 rings (SSSR count). The molecule has 0 aromatic heterocycles. The van der Waals surface area contributed by atoms with Gasteiger partial charge in [0.2, 0.25) is 5.91 Å². The molecular formula is C18H16ClFN2O2. The van der Waals surface area contributed by atoms with Gasteiger partial charge < -0.3 is 9.80 Å². The van der Waals surface area contributed by atoms with E-state index in [9.17, 15) is 14.0 Å². The highest BCUT2D eigenvalue weighted by molar-refractivity contribution is 6.31. The van der Waals surface area contributed by atoms with Crippen molar-refractivity contribution < 1.29 is 14.0 Å². The molecule has 0 saturated carbocycles. The molecule has 0 N–H and O–H groups in total. The van der Waals surface area contributed by atoms with E-state index in [1.54, 1.807) is 50.4 Å². The van der Waals surface area contributed by atoms with Crippen LogP contribution < -0.4 is 4.90 Å². The van der Waals surface area contributed by atoms with Crippen LogP contribution in [0.2, 0.25) is 5.02 Å². The zero-order valence-corrected chi connectivity index (χ0v) is 14.1. The van der Waals surface area contributed by atoms with Crippen molar-refractivity contribution in [2.45, 2.75) is 13.5 Å². The lowest BCUT2D eigenvalue weighted by Crippen LogP contribution is -2.37. The van der Waals surface area contributed by atoms with Crippen LogP contribution in [-0.4, -0.2) is 30.3 Å². The number of para-hydroxylation sites is 1. The van der Waals surface area contributed by atoms with Crippen LogP contribution in [0.4, 0.5) is 10.1 Å². The fourth-order valence-corrected chi connectivity index (χ4v) is 2.98. The van der Waals surface area contributed by atoms with E-state index >= 15 is 0 Å². The molecule has 0 radical (unpaired) electrons. The van der Waals surface area contributed by atoms with Gasteiger partial charge in [0, 0.05) is 17.6 Å². The lowest BCUT2D eigenvalue weighted by atomic mass is 10.1. The van der Waals surface area contributed by atoms with Crippen LogP contribution in [-0.2, 0) is 11.3 Å². The van der Waals surface area contributed by atoms with E-state index in [1.807, 2.05) is 0 Å². The van der Waals surface area contributed by atoms with Gasteiger partial charge in [-0.15, -0.1) is 0 Å². The van der Waals surface area contributed by atoms with Crippen LogP contribution in [0, 0.1) is 12.7 Å². The summed E-state index contributed by atoms with van der Waals surface area (Å²) in [5.74, 6) is -1.01. The van der Waals surface area contributed by atoms with E-state index < -0.39 is 5.82 Å². The summed E-state index contributed by atoms with van der Waals surface area (Å²) >= 11 is 6.10. The zero-order chi connectivity index (χ0) is 17.4. The van der Waals surface area contributed by atoms with Gasteiger partial charge >= 0.3 is 0 Å². The monoisotopic (exact) mass is 346 g/mol. The Labute approximate surface area is 144 Å². The van der Waals surface area contributed by atoms with Crippen LogP contribution in [0.3, 0.4) is 0 Å². The Morgan fingerprint density at radius 2 is 1.88 bits per heavy atom. The van der Waals surface area contributed by atoms with Crippen LogP contribution in [0.15, 0.2) is 36.4 Å². The summed E-state index contributed by atoms with van der Waals surface area (Å²) in [6, 6.07) is 10.1. The number of hydrogen-bond acceptors (Lipinski definition) is 2. The second-order valence-electron chi connectivity index (χ2n) is 5.79. The summed E-state index contributed by atoms with van der Waals surface area (Å²) in [7, 11) is 1.62. The highest BCUT2D eigenvalue weighted by Gasteiger charge is 2.30. The quantitative estimate of drug-likeness (QED) is 0.836. The number of amides is 2. The molecular weight excluding hydrogens is 331 g/mol. The second kappa shape index (κ2) is 6.24. The first kappa shape index (κ1) is 16.5. The van der Waals surface area contributed by atoms with Crippen molar-refractivity contribution in [2.75, 3.05) is 18.5 Å². The molecule has 0 bridgehead atoms. The Kier molecular flexibility index (Phi) is 4.28. The Balaban J connectivity index is 2.03. The summed E-state index contributed by atoms with van der Waals surface area (Å²) in [6.07, 6.45) is 0. The number of anilines is 1. The molecule has 1 aliphatic rings. The fraction of sp³-hybridized carbons (Fsp3) is 0.222. The molecule has 2 aromatic carbocycles. The number of rotatable bonds is 2. The summed E-state index contributed by atoms with van der Waals surface area (Å²) in [6.45, 7) is 1.44. The maximum Gasteiger partial charge on any atom is 0.256 e.